The zero-order valence-electron chi connectivity index (χ0n) is 22.0. The van der Waals surface area contributed by atoms with Gasteiger partial charge in [0.05, 0.1) is 11.2 Å². The van der Waals surface area contributed by atoms with Crippen molar-refractivity contribution >= 4 is 28.1 Å². The van der Waals surface area contributed by atoms with Gasteiger partial charge in [-0.2, -0.15) is 0 Å². The molecule has 3 aromatic heterocycles. The summed E-state index contributed by atoms with van der Waals surface area (Å²) >= 11 is 0. The zero-order valence-corrected chi connectivity index (χ0v) is 22.0. The number of fused-ring (bicyclic) bond motifs is 2. The van der Waals surface area contributed by atoms with E-state index in [9.17, 15) is 4.79 Å². The molecule has 1 aliphatic carbocycles. The largest absolute Gasteiger partial charge is 0.382 e. The van der Waals surface area contributed by atoms with Gasteiger partial charge in [0.15, 0.2) is 0 Å². The molecule has 196 valence electrons. The molecule has 39 heavy (non-hydrogen) atoms. The minimum atomic E-state index is 0.170. The van der Waals surface area contributed by atoms with Crippen LogP contribution in [0.15, 0.2) is 73.1 Å². The van der Waals surface area contributed by atoms with Gasteiger partial charge in [-0.05, 0) is 25.0 Å². The fraction of sp³-hybridized carbons (Fsp3) is 0.290. The Bertz CT molecular complexity index is 1680. The number of anilines is 1. The van der Waals surface area contributed by atoms with E-state index in [4.69, 9.17) is 15.7 Å². The van der Waals surface area contributed by atoms with E-state index in [0.717, 1.165) is 83.8 Å². The molecule has 7 rings (SSSR count). The first-order chi connectivity index (χ1) is 19.0. The average Bonchev–Trinajstić information content (AvgIpc) is 3.33. The van der Waals surface area contributed by atoms with Gasteiger partial charge in [0, 0.05) is 74.0 Å². The monoisotopic (exact) mass is 517 g/mol. The number of piperazine rings is 1. The molecule has 0 radical (unpaired) electrons. The van der Waals surface area contributed by atoms with Crippen LogP contribution in [0.4, 0.5) is 5.82 Å². The summed E-state index contributed by atoms with van der Waals surface area (Å²) in [5, 5.41) is 1.08. The molecular weight excluding hydrogens is 486 g/mol. The molecule has 5 aromatic rings. The first-order valence-electron chi connectivity index (χ1n) is 13.6. The van der Waals surface area contributed by atoms with Crippen molar-refractivity contribution in [2.75, 3.05) is 31.9 Å². The third-order valence-electron chi connectivity index (χ3n) is 8.40. The maximum absolute atomic E-state index is 11.7. The predicted octanol–water partition coefficient (Wildman–Crippen LogP) is 4.60. The Balaban J connectivity index is 1.20. The van der Waals surface area contributed by atoms with Crippen LogP contribution in [0.25, 0.3) is 38.9 Å². The van der Waals surface area contributed by atoms with Gasteiger partial charge in [-0.1, -0.05) is 48.5 Å². The summed E-state index contributed by atoms with van der Waals surface area (Å²) in [6, 6.07) is 21.3. The molecule has 0 bridgehead atoms. The smallest absolute Gasteiger partial charge is 0.219 e. The lowest BCUT2D eigenvalue weighted by Crippen LogP contribution is -2.54. The van der Waals surface area contributed by atoms with Crippen LogP contribution < -0.4 is 5.73 Å². The summed E-state index contributed by atoms with van der Waals surface area (Å²) in [7, 11) is 0. The standard InChI is InChI=1S/C31H31N7O/c1-20(39)36-13-15-37(16-14-36)25-17-24(18-25)31-35-28(29-30(32)33-11-12-38(29)31)23-8-7-22-9-10-26(34-27(22)19-23)21-5-3-2-4-6-21/h2-12,19,24-25H,13-18H2,1H3,(H2,32,33)/t24-,25+. The van der Waals surface area contributed by atoms with Gasteiger partial charge in [0.25, 0.3) is 0 Å². The van der Waals surface area contributed by atoms with Gasteiger partial charge in [-0.25, -0.2) is 15.0 Å². The number of amides is 1. The Hall–Kier alpha value is -4.30. The second-order valence-corrected chi connectivity index (χ2v) is 10.7. The van der Waals surface area contributed by atoms with Crippen LogP contribution in [0.3, 0.4) is 0 Å². The highest BCUT2D eigenvalue weighted by molar-refractivity contribution is 5.91. The molecule has 1 saturated heterocycles. The molecule has 8 heteroatoms. The number of nitrogen functional groups attached to an aromatic ring is 1. The van der Waals surface area contributed by atoms with Crippen molar-refractivity contribution in [2.24, 2.45) is 0 Å². The highest BCUT2D eigenvalue weighted by Crippen LogP contribution is 2.42. The number of hydrogen-bond acceptors (Lipinski definition) is 6. The van der Waals surface area contributed by atoms with Crippen LogP contribution in [-0.2, 0) is 4.79 Å². The van der Waals surface area contributed by atoms with Gasteiger partial charge in [0.2, 0.25) is 5.91 Å². The number of aromatic nitrogens is 4. The van der Waals surface area contributed by atoms with E-state index < -0.39 is 0 Å². The van der Waals surface area contributed by atoms with E-state index in [1.807, 2.05) is 29.3 Å². The van der Waals surface area contributed by atoms with Crippen LogP contribution in [0.5, 0.6) is 0 Å². The lowest BCUT2D eigenvalue weighted by Gasteiger charge is -2.46. The Morgan fingerprint density at radius 2 is 1.69 bits per heavy atom. The second kappa shape index (κ2) is 9.47. The quantitative estimate of drug-likeness (QED) is 0.375. The lowest BCUT2D eigenvalue weighted by atomic mass is 9.78. The van der Waals surface area contributed by atoms with Crippen LogP contribution in [0, 0.1) is 0 Å². The molecule has 1 aliphatic heterocycles. The number of nitrogens with two attached hydrogens (primary N) is 1. The van der Waals surface area contributed by atoms with Gasteiger partial charge >= 0.3 is 0 Å². The van der Waals surface area contributed by atoms with Crippen LogP contribution in [0.2, 0.25) is 0 Å². The summed E-state index contributed by atoms with van der Waals surface area (Å²) in [4.78, 5) is 30.7. The maximum Gasteiger partial charge on any atom is 0.219 e. The SMILES string of the molecule is CC(=O)N1CCN([C@H]2C[C@@H](c3nc(-c4ccc5ccc(-c6ccccc6)nc5c4)c4c(N)nccn43)C2)CC1. The third-order valence-corrected chi connectivity index (χ3v) is 8.40. The molecule has 8 nitrogen and oxygen atoms in total. The van der Waals surface area contributed by atoms with Crippen molar-refractivity contribution < 1.29 is 4.79 Å². The Morgan fingerprint density at radius 3 is 2.46 bits per heavy atom. The number of imidazole rings is 1. The highest BCUT2D eigenvalue weighted by Gasteiger charge is 2.38. The minimum absolute atomic E-state index is 0.170. The number of nitrogens with zero attached hydrogens (tertiary/aromatic N) is 6. The van der Waals surface area contributed by atoms with Gasteiger partial charge in [-0.3, -0.25) is 14.1 Å². The minimum Gasteiger partial charge on any atom is -0.382 e. The van der Waals surface area contributed by atoms with E-state index in [0.29, 0.717) is 17.8 Å². The van der Waals surface area contributed by atoms with E-state index in [2.05, 4.69) is 56.7 Å². The lowest BCUT2D eigenvalue weighted by molar-refractivity contribution is -0.131. The fourth-order valence-corrected chi connectivity index (χ4v) is 6.11. The molecule has 4 heterocycles. The normalized spacial score (nSPS) is 19.9. The topological polar surface area (TPSA) is 92.7 Å². The summed E-state index contributed by atoms with van der Waals surface area (Å²) in [6.45, 7) is 5.17. The average molecular weight is 518 g/mol. The number of pyridine rings is 1. The Morgan fingerprint density at radius 1 is 0.923 bits per heavy atom. The Kier molecular flexibility index (Phi) is 5.77. The van der Waals surface area contributed by atoms with Gasteiger partial charge < -0.3 is 10.6 Å². The first kappa shape index (κ1) is 23.8. The van der Waals surface area contributed by atoms with E-state index in [1.54, 1.807) is 13.1 Å². The molecule has 2 N–H and O–H groups in total. The summed E-state index contributed by atoms with van der Waals surface area (Å²) in [5.74, 6) is 2.04. The van der Waals surface area contributed by atoms with Crippen LogP contribution >= 0.6 is 0 Å². The number of hydrogen-bond donors (Lipinski definition) is 1. The molecule has 0 atom stereocenters. The van der Waals surface area contributed by atoms with E-state index in [1.165, 1.54) is 0 Å². The van der Waals surface area contributed by atoms with E-state index >= 15 is 0 Å². The van der Waals surface area contributed by atoms with Gasteiger partial charge in [-0.15, -0.1) is 0 Å². The zero-order chi connectivity index (χ0) is 26.5. The van der Waals surface area contributed by atoms with Crippen LogP contribution in [0.1, 0.15) is 31.5 Å². The van der Waals surface area contributed by atoms with E-state index in [-0.39, 0.29) is 5.91 Å². The molecule has 1 saturated carbocycles. The maximum atomic E-state index is 11.7. The summed E-state index contributed by atoms with van der Waals surface area (Å²) in [5.41, 5.74) is 12.1. The van der Waals surface area contributed by atoms with Crippen molar-refractivity contribution in [3.63, 3.8) is 0 Å². The summed E-state index contributed by atoms with van der Waals surface area (Å²) in [6.07, 6.45) is 5.84. The summed E-state index contributed by atoms with van der Waals surface area (Å²) < 4.78 is 2.13. The highest BCUT2D eigenvalue weighted by atomic mass is 16.2. The number of rotatable bonds is 4. The molecule has 2 aliphatic rings. The molecule has 0 unspecified atom stereocenters. The molecule has 1 amide bonds. The van der Waals surface area contributed by atoms with Crippen molar-refractivity contribution in [1.82, 2.24) is 29.2 Å². The van der Waals surface area contributed by atoms with Crippen molar-refractivity contribution in [2.45, 2.75) is 31.7 Å². The Labute approximate surface area is 227 Å². The van der Waals surface area contributed by atoms with Crippen molar-refractivity contribution in [1.29, 1.82) is 0 Å². The van der Waals surface area contributed by atoms with Crippen molar-refractivity contribution in [3.8, 4) is 22.5 Å². The number of benzene rings is 2. The van der Waals surface area contributed by atoms with Crippen molar-refractivity contribution in [3.05, 3.63) is 78.9 Å². The molecule has 0 spiro atoms. The van der Waals surface area contributed by atoms with Gasteiger partial charge in [0.1, 0.15) is 22.9 Å². The van der Waals surface area contributed by atoms with Crippen LogP contribution in [-0.4, -0.2) is 67.3 Å². The molecule has 2 fully saturated rings. The molecule has 2 aromatic carbocycles. The predicted molar refractivity (Wildman–Crippen MR) is 153 cm³/mol. The molecular formula is C31H31N7O. The number of carbonyl (C=O) groups is 1. The second-order valence-electron chi connectivity index (χ2n) is 10.7. The fourth-order valence-electron chi connectivity index (χ4n) is 6.11. The first-order valence-corrected chi connectivity index (χ1v) is 13.6. The number of carbonyl (C=O) groups excluding carboxylic acids is 1. The third kappa shape index (κ3) is 4.21.